The molecule has 0 spiro atoms. The smallest absolute Gasteiger partial charge is 0.215 e. The fourth-order valence-electron chi connectivity index (χ4n) is 2.61. The normalized spacial score (nSPS) is 14.5. The van der Waals surface area contributed by atoms with Crippen LogP contribution in [0.1, 0.15) is 21.6 Å². The van der Waals surface area contributed by atoms with Crippen molar-refractivity contribution in [2.75, 3.05) is 36.8 Å². The van der Waals surface area contributed by atoms with E-state index in [0.717, 1.165) is 32.0 Å². The number of nitrogens with zero attached hydrogens (tertiary/aromatic N) is 3. The van der Waals surface area contributed by atoms with E-state index in [4.69, 9.17) is 5.73 Å². The minimum Gasteiger partial charge on any atom is -0.383 e. The third-order valence-electron chi connectivity index (χ3n) is 3.87. The summed E-state index contributed by atoms with van der Waals surface area (Å²) in [5, 5.41) is 3.30. The monoisotopic (exact) mass is 309 g/mol. The molecule has 0 atom stereocenters. The Morgan fingerprint density at radius 3 is 2.78 bits per heavy atom. The van der Waals surface area contributed by atoms with Crippen molar-refractivity contribution in [2.45, 2.75) is 0 Å². The number of nitrogens with one attached hydrogen (secondary N) is 1. The van der Waals surface area contributed by atoms with Crippen molar-refractivity contribution in [3.05, 3.63) is 53.9 Å². The first-order valence-electron chi connectivity index (χ1n) is 7.55. The lowest BCUT2D eigenvalue weighted by Gasteiger charge is -2.28. The molecule has 6 nitrogen and oxygen atoms in total. The van der Waals surface area contributed by atoms with Gasteiger partial charge in [-0.15, -0.1) is 0 Å². The third kappa shape index (κ3) is 3.07. The predicted molar refractivity (Wildman–Crippen MR) is 91.5 cm³/mol. The van der Waals surface area contributed by atoms with Crippen LogP contribution in [-0.2, 0) is 0 Å². The molecule has 0 saturated carbocycles. The SMILES string of the molecule is C=Cc1ccc(N2CCNCC2)nc1C(=O)c1cccnc1N. The first-order valence-corrected chi connectivity index (χ1v) is 7.55. The van der Waals surface area contributed by atoms with Crippen LogP contribution in [0.2, 0.25) is 0 Å². The van der Waals surface area contributed by atoms with E-state index in [0.29, 0.717) is 16.8 Å². The van der Waals surface area contributed by atoms with E-state index < -0.39 is 0 Å². The van der Waals surface area contributed by atoms with E-state index in [1.165, 1.54) is 0 Å². The number of hydrogen-bond donors (Lipinski definition) is 2. The van der Waals surface area contributed by atoms with Gasteiger partial charge in [0.05, 0.1) is 5.56 Å². The molecule has 0 amide bonds. The molecule has 1 fully saturated rings. The number of carbonyl (C=O) groups is 1. The molecule has 0 unspecified atom stereocenters. The Morgan fingerprint density at radius 2 is 2.09 bits per heavy atom. The topological polar surface area (TPSA) is 84.1 Å². The number of rotatable bonds is 4. The quantitative estimate of drug-likeness (QED) is 0.829. The molecule has 0 radical (unpaired) electrons. The average Bonchev–Trinajstić information content (AvgIpc) is 2.62. The number of ketones is 1. The van der Waals surface area contributed by atoms with E-state index >= 15 is 0 Å². The second-order valence-electron chi connectivity index (χ2n) is 5.31. The van der Waals surface area contributed by atoms with Crippen LogP contribution in [0.25, 0.3) is 6.08 Å². The summed E-state index contributed by atoms with van der Waals surface area (Å²) >= 11 is 0. The highest BCUT2D eigenvalue weighted by atomic mass is 16.1. The minimum atomic E-state index is -0.234. The minimum absolute atomic E-state index is 0.210. The van der Waals surface area contributed by atoms with Crippen molar-refractivity contribution in [2.24, 2.45) is 0 Å². The maximum Gasteiger partial charge on any atom is 0.215 e. The molecular weight excluding hydrogens is 290 g/mol. The van der Waals surface area contributed by atoms with Gasteiger partial charge in [0, 0.05) is 37.9 Å². The zero-order valence-corrected chi connectivity index (χ0v) is 12.8. The summed E-state index contributed by atoms with van der Waals surface area (Å²) in [6, 6.07) is 7.15. The fourth-order valence-corrected chi connectivity index (χ4v) is 2.61. The molecule has 1 aliphatic heterocycles. The van der Waals surface area contributed by atoms with E-state index in [1.807, 2.05) is 12.1 Å². The van der Waals surface area contributed by atoms with Crippen LogP contribution < -0.4 is 16.0 Å². The van der Waals surface area contributed by atoms with Crippen LogP contribution in [0.15, 0.2) is 37.0 Å². The summed E-state index contributed by atoms with van der Waals surface area (Å²) in [4.78, 5) is 23.5. The van der Waals surface area contributed by atoms with Crippen molar-refractivity contribution in [1.82, 2.24) is 15.3 Å². The molecular formula is C17H19N5O. The van der Waals surface area contributed by atoms with E-state index in [2.05, 4.69) is 26.8 Å². The molecule has 2 aromatic heterocycles. The van der Waals surface area contributed by atoms with Crippen LogP contribution in [0.5, 0.6) is 0 Å². The summed E-state index contributed by atoms with van der Waals surface area (Å²) in [5.74, 6) is 0.771. The summed E-state index contributed by atoms with van der Waals surface area (Å²) in [7, 11) is 0. The molecule has 118 valence electrons. The Kier molecular flexibility index (Phi) is 4.34. The number of aromatic nitrogens is 2. The van der Waals surface area contributed by atoms with Gasteiger partial charge in [-0.3, -0.25) is 4.79 Å². The molecule has 1 aliphatic rings. The van der Waals surface area contributed by atoms with Crippen molar-refractivity contribution in [1.29, 1.82) is 0 Å². The predicted octanol–water partition coefficient (Wildman–Crippen LogP) is 1.34. The van der Waals surface area contributed by atoms with Gasteiger partial charge in [0.15, 0.2) is 0 Å². The molecule has 6 heteroatoms. The lowest BCUT2D eigenvalue weighted by atomic mass is 10.0. The van der Waals surface area contributed by atoms with Gasteiger partial charge in [0.2, 0.25) is 5.78 Å². The van der Waals surface area contributed by atoms with Gasteiger partial charge in [-0.05, 0) is 24.3 Å². The number of nitrogen functional groups attached to an aromatic ring is 1. The number of nitrogens with two attached hydrogens (primary N) is 1. The maximum atomic E-state index is 12.8. The standard InChI is InChI=1S/C17H19N5O/c1-2-12-5-6-14(22-10-8-19-9-11-22)21-15(12)16(23)13-4-3-7-20-17(13)18/h2-7,19H,1,8-11H2,(H2,18,20). The highest BCUT2D eigenvalue weighted by Crippen LogP contribution is 2.21. The van der Waals surface area contributed by atoms with Crippen LogP contribution in [0, 0.1) is 0 Å². The highest BCUT2D eigenvalue weighted by Gasteiger charge is 2.20. The zero-order chi connectivity index (χ0) is 16.2. The number of carbonyl (C=O) groups excluding carboxylic acids is 1. The number of anilines is 2. The second-order valence-corrected chi connectivity index (χ2v) is 5.31. The van der Waals surface area contributed by atoms with Crippen LogP contribution in [0.3, 0.4) is 0 Å². The van der Waals surface area contributed by atoms with Crippen LogP contribution in [-0.4, -0.2) is 41.9 Å². The van der Waals surface area contributed by atoms with Gasteiger partial charge in [-0.2, -0.15) is 0 Å². The first kappa shape index (κ1) is 15.2. The van der Waals surface area contributed by atoms with E-state index in [1.54, 1.807) is 24.4 Å². The Balaban J connectivity index is 2.01. The van der Waals surface area contributed by atoms with Crippen molar-refractivity contribution in [3.8, 4) is 0 Å². The van der Waals surface area contributed by atoms with E-state index in [-0.39, 0.29) is 11.6 Å². The maximum absolute atomic E-state index is 12.8. The number of hydrogen-bond acceptors (Lipinski definition) is 6. The molecule has 0 aliphatic carbocycles. The molecule has 1 saturated heterocycles. The largest absolute Gasteiger partial charge is 0.383 e. The highest BCUT2D eigenvalue weighted by molar-refractivity contribution is 6.12. The van der Waals surface area contributed by atoms with Crippen molar-refractivity contribution in [3.63, 3.8) is 0 Å². The Labute approximate surface area is 135 Å². The Bertz CT molecular complexity index is 738. The summed E-state index contributed by atoms with van der Waals surface area (Å²) in [5.41, 5.74) is 7.24. The van der Waals surface area contributed by atoms with Crippen LogP contribution in [0.4, 0.5) is 11.6 Å². The second kappa shape index (κ2) is 6.58. The average molecular weight is 309 g/mol. The molecule has 2 aromatic rings. The Hall–Kier alpha value is -2.73. The first-order chi connectivity index (χ1) is 11.2. The molecule has 3 heterocycles. The van der Waals surface area contributed by atoms with Crippen molar-refractivity contribution < 1.29 is 4.79 Å². The van der Waals surface area contributed by atoms with Crippen molar-refractivity contribution >= 4 is 23.5 Å². The van der Waals surface area contributed by atoms with Gasteiger partial charge < -0.3 is 16.0 Å². The molecule has 0 bridgehead atoms. The van der Waals surface area contributed by atoms with Gasteiger partial charge in [0.25, 0.3) is 0 Å². The van der Waals surface area contributed by atoms with E-state index in [9.17, 15) is 4.79 Å². The van der Waals surface area contributed by atoms with Gasteiger partial charge in [-0.25, -0.2) is 9.97 Å². The molecule has 3 rings (SSSR count). The number of pyridine rings is 2. The number of piperazine rings is 1. The molecule has 3 N–H and O–H groups in total. The summed E-state index contributed by atoms with van der Waals surface area (Å²) in [6.45, 7) is 7.31. The summed E-state index contributed by atoms with van der Waals surface area (Å²) in [6.07, 6.45) is 3.19. The van der Waals surface area contributed by atoms with Gasteiger partial charge >= 0.3 is 0 Å². The molecule has 23 heavy (non-hydrogen) atoms. The lowest BCUT2D eigenvalue weighted by molar-refractivity contribution is 0.103. The third-order valence-corrected chi connectivity index (χ3v) is 3.87. The van der Waals surface area contributed by atoms with Gasteiger partial charge in [0.1, 0.15) is 17.3 Å². The van der Waals surface area contributed by atoms with Crippen LogP contribution >= 0.6 is 0 Å². The lowest BCUT2D eigenvalue weighted by Crippen LogP contribution is -2.44. The fraction of sp³-hybridized carbons (Fsp3) is 0.235. The van der Waals surface area contributed by atoms with Gasteiger partial charge in [-0.1, -0.05) is 12.7 Å². The molecule has 0 aromatic carbocycles. The summed E-state index contributed by atoms with van der Waals surface area (Å²) < 4.78 is 0. The zero-order valence-electron chi connectivity index (χ0n) is 12.8. The Morgan fingerprint density at radius 1 is 1.30 bits per heavy atom.